The van der Waals surface area contributed by atoms with E-state index in [1.807, 2.05) is 6.07 Å². The van der Waals surface area contributed by atoms with Crippen molar-refractivity contribution in [2.75, 3.05) is 30.3 Å². The maximum atomic E-state index is 13.6. The minimum atomic E-state index is -1.37. The number of esters is 1. The molecule has 0 aliphatic carbocycles. The third kappa shape index (κ3) is 5.79. The van der Waals surface area contributed by atoms with E-state index < -0.39 is 53.3 Å². The van der Waals surface area contributed by atoms with Gasteiger partial charge in [0.1, 0.15) is 29.8 Å². The third-order valence-electron chi connectivity index (χ3n) is 7.20. The first-order chi connectivity index (χ1) is 21.1. The topological polar surface area (TPSA) is 189 Å². The van der Waals surface area contributed by atoms with Gasteiger partial charge in [0.2, 0.25) is 5.91 Å². The molecule has 2 fully saturated rings. The lowest BCUT2D eigenvalue weighted by Crippen LogP contribution is -2.71. The Kier molecular flexibility index (Phi) is 8.54. The molecule has 2 unspecified atom stereocenters. The monoisotopic (exact) mass is 618 g/mol. The zero-order valence-electron chi connectivity index (χ0n) is 23.3. The van der Waals surface area contributed by atoms with Gasteiger partial charge in [-0.3, -0.25) is 24.2 Å². The molecule has 2 aromatic carbocycles. The van der Waals surface area contributed by atoms with Gasteiger partial charge in [0.15, 0.2) is 0 Å². The summed E-state index contributed by atoms with van der Waals surface area (Å²) in [5, 5.41) is 23.5. The Morgan fingerprint density at radius 3 is 2.55 bits per heavy atom. The SMILES string of the molecule is CC(=O)OCC1=C(C(=O)O)N2C(=O)C(NC(=O)C(NC(=O)N3CCN(c4cccc(C#N)c4)C3=O)c3ccccc3)[C@@H]2SC1. The predicted octanol–water partition coefficient (Wildman–Crippen LogP) is 1.55. The van der Waals surface area contributed by atoms with Crippen LogP contribution in [0.25, 0.3) is 0 Å². The molecule has 0 bridgehead atoms. The lowest BCUT2D eigenvalue weighted by atomic mass is 10.0. The number of carboxylic acids is 1. The fourth-order valence-electron chi connectivity index (χ4n) is 5.08. The molecule has 6 amide bonds. The summed E-state index contributed by atoms with van der Waals surface area (Å²) in [6, 6.07) is 12.8. The van der Waals surface area contributed by atoms with Crippen molar-refractivity contribution in [3.05, 3.63) is 77.0 Å². The van der Waals surface area contributed by atoms with E-state index in [4.69, 9.17) is 4.74 Å². The number of aliphatic carboxylic acids is 1. The van der Waals surface area contributed by atoms with E-state index >= 15 is 0 Å². The van der Waals surface area contributed by atoms with E-state index in [1.165, 1.54) is 29.7 Å². The second-order valence-corrected chi connectivity index (χ2v) is 11.1. The summed E-state index contributed by atoms with van der Waals surface area (Å²) < 4.78 is 4.94. The molecule has 226 valence electrons. The smallest absolute Gasteiger partial charge is 0.352 e. The van der Waals surface area contributed by atoms with Crippen molar-refractivity contribution in [2.24, 2.45) is 0 Å². The summed E-state index contributed by atoms with van der Waals surface area (Å²) in [6.07, 6.45) is 0. The number of rotatable bonds is 8. The molecule has 3 aliphatic heterocycles. The van der Waals surface area contributed by atoms with Crippen molar-refractivity contribution < 1.29 is 38.6 Å². The van der Waals surface area contributed by atoms with Gasteiger partial charge in [-0.15, -0.1) is 11.8 Å². The van der Waals surface area contributed by atoms with Crippen LogP contribution in [0.4, 0.5) is 15.3 Å². The van der Waals surface area contributed by atoms with E-state index in [0.29, 0.717) is 16.8 Å². The number of urea groups is 2. The van der Waals surface area contributed by atoms with E-state index in [-0.39, 0.29) is 36.7 Å². The van der Waals surface area contributed by atoms with E-state index in [0.717, 1.165) is 9.80 Å². The average molecular weight is 619 g/mol. The van der Waals surface area contributed by atoms with Crippen LogP contribution in [0.3, 0.4) is 0 Å². The standard InChI is InChI=1S/C29H26N6O8S/c1-16(36)43-14-19-15-44-26-22(25(38)35(26)23(19)27(39)40)31-24(37)21(18-7-3-2-4-8-18)32-28(41)34-11-10-33(29(34)42)20-9-5-6-17(12-20)13-30/h2-9,12,21-22,26H,10-11,14-15H2,1H3,(H,31,37)(H,32,41)(H,39,40)/t21?,22?,26-/m0/s1. The van der Waals surface area contributed by atoms with Crippen LogP contribution in [0.2, 0.25) is 0 Å². The Labute approximate surface area is 255 Å². The number of β-lactam (4-membered cyclic amide) rings is 1. The lowest BCUT2D eigenvalue weighted by molar-refractivity contribution is -0.151. The van der Waals surface area contributed by atoms with Crippen molar-refractivity contribution in [2.45, 2.75) is 24.4 Å². The highest BCUT2D eigenvalue weighted by Gasteiger charge is 2.54. The molecule has 0 saturated carbocycles. The van der Waals surface area contributed by atoms with Crippen molar-refractivity contribution >= 4 is 53.3 Å². The Hall–Kier alpha value is -5.36. The van der Waals surface area contributed by atoms with Gasteiger partial charge >= 0.3 is 24.0 Å². The quantitative estimate of drug-likeness (QED) is 0.289. The third-order valence-corrected chi connectivity index (χ3v) is 8.54. The zero-order chi connectivity index (χ0) is 31.5. The molecule has 15 heteroatoms. The predicted molar refractivity (Wildman–Crippen MR) is 155 cm³/mol. The van der Waals surface area contributed by atoms with E-state index in [9.17, 15) is 39.1 Å². The van der Waals surface area contributed by atoms with Gasteiger partial charge in [-0.05, 0) is 23.8 Å². The number of fused-ring (bicyclic) bond motifs is 1. The van der Waals surface area contributed by atoms with Crippen LogP contribution in [0.15, 0.2) is 65.9 Å². The van der Waals surface area contributed by atoms with Crippen molar-refractivity contribution in [3.63, 3.8) is 0 Å². The summed E-state index contributed by atoms with van der Waals surface area (Å²) in [5.41, 5.74) is 1.15. The highest BCUT2D eigenvalue weighted by Crippen LogP contribution is 2.40. The van der Waals surface area contributed by atoms with Gasteiger partial charge in [0, 0.05) is 30.5 Å². The Morgan fingerprint density at radius 1 is 1.11 bits per heavy atom. The van der Waals surface area contributed by atoms with Crippen LogP contribution in [0.1, 0.15) is 24.1 Å². The van der Waals surface area contributed by atoms with Gasteiger partial charge in [0.25, 0.3) is 5.91 Å². The number of ether oxygens (including phenoxy) is 1. The molecule has 3 heterocycles. The Morgan fingerprint density at radius 2 is 1.86 bits per heavy atom. The summed E-state index contributed by atoms with van der Waals surface area (Å²) >= 11 is 1.20. The minimum Gasteiger partial charge on any atom is -0.477 e. The molecule has 5 rings (SSSR count). The van der Waals surface area contributed by atoms with Crippen molar-refractivity contribution in [3.8, 4) is 6.07 Å². The van der Waals surface area contributed by atoms with Crippen LogP contribution in [0, 0.1) is 11.3 Å². The number of benzene rings is 2. The molecule has 0 aromatic heterocycles. The van der Waals surface area contributed by atoms with Crippen LogP contribution >= 0.6 is 11.8 Å². The van der Waals surface area contributed by atoms with Crippen molar-refractivity contribution in [1.82, 2.24) is 20.4 Å². The number of anilines is 1. The first-order valence-corrected chi connectivity index (χ1v) is 14.4. The van der Waals surface area contributed by atoms with Gasteiger partial charge in [0.05, 0.1) is 18.2 Å². The van der Waals surface area contributed by atoms with Gasteiger partial charge in [-0.2, -0.15) is 5.26 Å². The number of imide groups is 1. The van der Waals surface area contributed by atoms with Gasteiger partial charge in [-0.1, -0.05) is 36.4 Å². The molecule has 2 aromatic rings. The number of nitrogens with zero attached hydrogens (tertiary/aromatic N) is 4. The highest BCUT2D eigenvalue weighted by atomic mass is 32.2. The molecular formula is C29H26N6O8S. The van der Waals surface area contributed by atoms with E-state index in [2.05, 4.69) is 10.6 Å². The summed E-state index contributed by atoms with van der Waals surface area (Å²) in [4.78, 5) is 79.7. The number of hydrogen-bond acceptors (Lipinski definition) is 9. The highest BCUT2D eigenvalue weighted by molar-refractivity contribution is 8.00. The van der Waals surface area contributed by atoms with Crippen LogP contribution in [0.5, 0.6) is 0 Å². The first kappa shape index (κ1) is 30.1. The summed E-state index contributed by atoms with van der Waals surface area (Å²) in [5.74, 6) is -3.22. The number of amides is 6. The van der Waals surface area contributed by atoms with Crippen LogP contribution in [-0.4, -0.2) is 87.6 Å². The number of hydrogen-bond donors (Lipinski definition) is 3. The molecule has 3 aliphatic rings. The second-order valence-electron chi connectivity index (χ2n) is 9.97. The molecule has 44 heavy (non-hydrogen) atoms. The van der Waals surface area contributed by atoms with E-state index in [1.54, 1.807) is 48.5 Å². The fourth-order valence-corrected chi connectivity index (χ4v) is 6.40. The molecular weight excluding hydrogens is 592 g/mol. The minimum absolute atomic E-state index is 0.0271. The Balaban J connectivity index is 1.31. The normalized spacial score (nSPS) is 19.9. The summed E-state index contributed by atoms with van der Waals surface area (Å²) in [6.45, 7) is 1.11. The molecule has 3 atom stereocenters. The maximum Gasteiger partial charge on any atom is 0.352 e. The molecule has 0 spiro atoms. The molecule has 3 N–H and O–H groups in total. The first-order valence-electron chi connectivity index (χ1n) is 13.4. The summed E-state index contributed by atoms with van der Waals surface area (Å²) in [7, 11) is 0. The molecule has 14 nitrogen and oxygen atoms in total. The fraction of sp³-hybridized carbons (Fsp3) is 0.276. The number of carbonyl (C=O) groups is 6. The number of carbonyl (C=O) groups excluding carboxylic acids is 5. The molecule has 0 radical (unpaired) electrons. The number of nitriles is 1. The van der Waals surface area contributed by atoms with Crippen LogP contribution in [-0.2, 0) is 23.9 Å². The second kappa shape index (κ2) is 12.5. The zero-order valence-corrected chi connectivity index (χ0v) is 24.1. The number of carboxylic acid groups (broad SMARTS) is 1. The average Bonchev–Trinajstić information content (AvgIpc) is 3.42. The van der Waals surface area contributed by atoms with Crippen LogP contribution < -0.4 is 15.5 Å². The Bertz CT molecular complexity index is 1620. The lowest BCUT2D eigenvalue weighted by Gasteiger charge is -2.49. The molecule has 2 saturated heterocycles. The number of nitrogens with one attached hydrogen (secondary N) is 2. The van der Waals surface area contributed by atoms with Gasteiger partial charge in [-0.25, -0.2) is 19.3 Å². The maximum absolute atomic E-state index is 13.6. The van der Waals surface area contributed by atoms with Crippen molar-refractivity contribution in [1.29, 1.82) is 5.26 Å². The van der Waals surface area contributed by atoms with Gasteiger partial charge < -0.3 is 20.5 Å². The largest absolute Gasteiger partial charge is 0.477 e. The number of thioether (sulfide) groups is 1.